The number of fused-ring (bicyclic) bond motifs is 23. The molecule has 3 nitrogen and oxygen atoms in total. The SMILES string of the molecule is [2H]c1c([2H])c([2H])c(N(c2cc(-c3ccc4c(c3)-c3ccccc3C43c4ccccc4-c4ccccc43)cc(-c3ccccc3)c2F)C(C)(C)C)c(F)c1[2H].[2H]c1c([2H])c([2H])c(N(c2cc(-c3ccc4c(c3)-c3ccccc3C43c4ccccc4-c4ccccc43)cc(-c3ccccc3)c2F)C(C)(C)C)c(F)c1[2H].[2H]c1c([2H])c([2H])c(N(c2cc(-c3cccc4c3-c3ccccc3C4(c3ccccc3)c3ccccc3)cc(-c3ccccc3)c2F)C(C)(C)C)c(F)c1[2H]. The normalized spacial score (nSPS) is 14.4. The maximum atomic E-state index is 17.4. The van der Waals surface area contributed by atoms with E-state index >= 15 is 26.3 Å². The first-order valence-electron chi connectivity index (χ1n) is 56.4. The topological polar surface area (TPSA) is 9.72 Å². The molecule has 728 valence electrons. The molecule has 2 spiro atoms. The van der Waals surface area contributed by atoms with Crippen LogP contribution in [-0.2, 0) is 16.2 Å². The summed E-state index contributed by atoms with van der Waals surface area (Å²) in [6.45, 7) is 15.9. The van der Waals surface area contributed by atoms with Crippen molar-refractivity contribution < 1.29 is 42.8 Å². The van der Waals surface area contributed by atoms with Gasteiger partial charge in [-0.25, -0.2) is 26.3 Å². The van der Waals surface area contributed by atoms with Gasteiger partial charge < -0.3 is 14.7 Å². The third kappa shape index (κ3) is 15.3. The standard InChI is InChI=1S/2C47H35F2N.C47H37F2N/c2*1-46(2,3)50(43-24-14-13-23-42(43)48)44-29-32(28-36(45(44)49)30-15-5-4-6-16-30)31-25-26-41-37(27-31)35-19-9-12-22-40(35)47(41)38-20-10-7-17-33(38)34-18-8-11-21-39(34)47;1-46(2,3)50(42-29-16-15-28-41(42)48)43-31-33(30-38(45(43)49)32-18-7-4-8-19-32)36-25-17-27-40-44(36)37-24-13-14-26-39(37)47(40,34-20-9-5-10-21-34)35-22-11-6-12-23-35/h2*4-29H,1-3H3;4-31H,1-3H3/i2*13D,14D,23D,24D;15D,16D,28D,29D. The van der Waals surface area contributed by atoms with Gasteiger partial charge in [0.05, 0.1) is 66.8 Å². The minimum atomic E-state index is -1.15. The predicted molar refractivity (Wildman–Crippen MR) is 607 cm³/mol. The van der Waals surface area contributed by atoms with E-state index in [0.29, 0.717) is 33.4 Å². The average molecular weight is 1970 g/mol. The van der Waals surface area contributed by atoms with Crippen LogP contribution in [0.25, 0.3) is 122 Å². The molecule has 0 fully saturated rings. The molecule has 5 aliphatic carbocycles. The Morgan fingerprint density at radius 3 is 0.727 bits per heavy atom. The van der Waals surface area contributed by atoms with Gasteiger partial charge in [0.15, 0.2) is 17.5 Å². The van der Waals surface area contributed by atoms with Crippen molar-refractivity contribution in [3.63, 3.8) is 0 Å². The van der Waals surface area contributed by atoms with Crippen LogP contribution in [-0.4, -0.2) is 16.6 Å². The van der Waals surface area contributed by atoms with Gasteiger partial charge in [-0.15, -0.1) is 0 Å². The molecule has 150 heavy (non-hydrogen) atoms. The lowest BCUT2D eigenvalue weighted by atomic mass is 9.67. The van der Waals surface area contributed by atoms with E-state index in [4.69, 9.17) is 16.4 Å². The van der Waals surface area contributed by atoms with Crippen molar-refractivity contribution in [2.75, 3.05) is 14.7 Å². The largest absolute Gasteiger partial charge is 0.331 e. The van der Waals surface area contributed by atoms with E-state index in [2.05, 4.69) is 255 Å². The van der Waals surface area contributed by atoms with Crippen molar-refractivity contribution in [3.8, 4) is 122 Å². The second-order valence-corrected chi connectivity index (χ2v) is 41.7. The number of para-hydroxylation sites is 3. The van der Waals surface area contributed by atoms with Crippen LogP contribution < -0.4 is 14.7 Å². The molecule has 5 aliphatic rings. The van der Waals surface area contributed by atoms with Crippen LogP contribution in [0, 0.1) is 34.9 Å². The molecular formula is C141H107F6N3. The van der Waals surface area contributed by atoms with Crippen molar-refractivity contribution in [1.29, 1.82) is 0 Å². The molecule has 21 aromatic carbocycles. The lowest BCUT2D eigenvalue weighted by Crippen LogP contribution is -2.38. The van der Waals surface area contributed by atoms with Crippen molar-refractivity contribution in [1.82, 2.24) is 0 Å². The zero-order valence-electron chi connectivity index (χ0n) is 95.9. The van der Waals surface area contributed by atoms with Gasteiger partial charge in [0, 0.05) is 33.3 Å². The Labute approximate surface area is 890 Å². The summed E-state index contributed by atoms with van der Waals surface area (Å²) in [7, 11) is 0. The fraction of sp³-hybridized carbons (Fsp3) is 0.106. The third-order valence-corrected chi connectivity index (χ3v) is 30.1. The summed E-state index contributed by atoms with van der Waals surface area (Å²) in [6.07, 6.45) is 0. The zero-order chi connectivity index (χ0) is 113. The molecule has 21 aromatic rings. The number of anilines is 6. The summed E-state index contributed by atoms with van der Waals surface area (Å²) < 4.78 is 201. The molecule has 0 radical (unpaired) electrons. The lowest BCUT2D eigenvalue weighted by Gasteiger charge is -2.38. The highest BCUT2D eigenvalue weighted by molar-refractivity contribution is 6.02. The Hall–Kier alpha value is -17.4. The van der Waals surface area contributed by atoms with E-state index in [0.717, 1.165) is 83.5 Å². The predicted octanol–water partition coefficient (Wildman–Crippen LogP) is 37.8. The zero-order valence-corrected chi connectivity index (χ0v) is 83.9. The highest BCUT2D eigenvalue weighted by atomic mass is 19.1. The van der Waals surface area contributed by atoms with Gasteiger partial charge in [-0.05, 0) is 320 Å². The van der Waals surface area contributed by atoms with E-state index in [1.165, 1.54) is 70.3 Å². The van der Waals surface area contributed by atoms with E-state index < -0.39 is 157 Å². The molecule has 0 amide bonds. The molecule has 0 N–H and O–H groups in total. The fourth-order valence-corrected chi connectivity index (χ4v) is 24.4. The van der Waals surface area contributed by atoms with Crippen molar-refractivity contribution in [2.24, 2.45) is 0 Å². The first-order valence-corrected chi connectivity index (χ1v) is 50.4. The number of halogens is 6. The molecule has 0 bridgehead atoms. The molecule has 0 heterocycles. The van der Waals surface area contributed by atoms with Crippen LogP contribution in [0.15, 0.2) is 485 Å². The monoisotopic (exact) mass is 1970 g/mol. The maximum Gasteiger partial charge on any atom is 0.154 e. The Kier molecular flexibility index (Phi) is 20.3. The molecule has 26 rings (SSSR count). The van der Waals surface area contributed by atoms with Crippen LogP contribution in [0.2, 0.25) is 0 Å². The summed E-state index contributed by atoms with van der Waals surface area (Å²) in [4.78, 5) is 4.12. The second kappa shape index (κ2) is 37.2. The number of hydrogen-bond donors (Lipinski definition) is 0. The number of nitrogens with zero attached hydrogens (tertiary/aromatic N) is 3. The van der Waals surface area contributed by atoms with Crippen LogP contribution >= 0.6 is 0 Å². The number of benzene rings is 21. The number of hydrogen-bond acceptors (Lipinski definition) is 3. The van der Waals surface area contributed by atoms with Gasteiger partial charge in [0.2, 0.25) is 0 Å². The van der Waals surface area contributed by atoms with Gasteiger partial charge in [-0.3, -0.25) is 0 Å². The van der Waals surface area contributed by atoms with Crippen LogP contribution in [0.3, 0.4) is 0 Å². The maximum absolute atomic E-state index is 17.4. The van der Waals surface area contributed by atoms with Crippen molar-refractivity contribution in [2.45, 2.75) is 95.2 Å². The Balaban J connectivity index is 0.000000127. The van der Waals surface area contributed by atoms with Crippen molar-refractivity contribution >= 4 is 34.1 Å². The van der Waals surface area contributed by atoms with Gasteiger partial charge in [0.25, 0.3) is 0 Å². The van der Waals surface area contributed by atoms with Gasteiger partial charge >= 0.3 is 0 Å². The van der Waals surface area contributed by atoms with E-state index in [1.807, 2.05) is 140 Å². The quantitative estimate of drug-likeness (QED) is 0.100. The summed E-state index contributed by atoms with van der Waals surface area (Å²) in [5.74, 6) is -5.32. The minimum absolute atomic E-state index is 0.00111. The summed E-state index contributed by atoms with van der Waals surface area (Å²) in [5.41, 5.74) is 26.5. The summed E-state index contributed by atoms with van der Waals surface area (Å²) in [6, 6.07) is 130. The van der Waals surface area contributed by atoms with Gasteiger partial charge in [-0.1, -0.05) is 400 Å². The number of rotatable bonds is 14. The first kappa shape index (κ1) is 81.8. The molecule has 0 aliphatic heterocycles. The lowest BCUT2D eigenvalue weighted by molar-refractivity contribution is 0.527. The smallest absolute Gasteiger partial charge is 0.154 e. The average Bonchev–Trinajstić information content (AvgIpc) is 1.51. The Morgan fingerprint density at radius 1 is 0.180 bits per heavy atom. The summed E-state index contributed by atoms with van der Waals surface area (Å²) >= 11 is 0. The van der Waals surface area contributed by atoms with E-state index in [-0.39, 0.29) is 33.8 Å². The van der Waals surface area contributed by atoms with E-state index in [1.54, 1.807) is 80.5 Å². The fourth-order valence-electron chi connectivity index (χ4n) is 24.4. The van der Waals surface area contributed by atoms with Crippen LogP contribution in [0.5, 0.6) is 0 Å². The van der Waals surface area contributed by atoms with Gasteiger partial charge in [-0.2, -0.15) is 0 Å². The Morgan fingerprint density at radius 2 is 0.413 bits per heavy atom. The highest BCUT2D eigenvalue weighted by Crippen LogP contribution is 2.67. The molecule has 0 unspecified atom stereocenters. The highest BCUT2D eigenvalue weighted by Gasteiger charge is 2.55. The first-order chi connectivity index (χ1) is 77.8. The minimum Gasteiger partial charge on any atom is -0.331 e. The molecular weight excluding hydrogens is 1850 g/mol. The summed E-state index contributed by atoms with van der Waals surface area (Å²) in [5, 5.41) is 0. The molecule has 0 saturated carbocycles. The molecule has 0 aromatic heterocycles. The second-order valence-electron chi connectivity index (χ2n) is 41.7. The van der Waals surface area contributed by atoms with Crippen LogP contribution in [0.1, 0.15) is 146 Å². The molecule has 0 saturated heterocycles. The van der Waals surface area contributed by atoms with Gasteiger partial charge in [0.1, 0.15) is 17.5 Å². The van der Waals surface area contributed by atoms with Crippen molar-refractivity contribution in [3.05, 3.63) is 587 Å². The molecule has 9 heteroatoms. The third-order valence-electron chi connectivity index (χ3n) is 30.1. The van der Waals surface area contributed by atoms with Crippen LogP contribution in [0.4, 0.5) is 60.5 Å². The van der Waals surface area contributed by atoms with E-state index in [9.17, 15) is 0 Å². The Bertz CT molecular complexity index is 9070. The molecule has 0 atom stereocenters.